The van der Waals surface area contributed by atoms with Gasteiger partial charge in [0.2, 0.25) is 0 Å². The lowest BCUT2D eigenvalue weighted by molar-refractivity contribution is 0.383. The van der Waals surface area contributed by atoms with E-state index >= 15 is 0 Å². The van der Waals surface area contributed by atoms with Crippen molar-refractivity contribution in [2.45, 2.75) is 26.2 Å². The Labute approximate surface area is 97.1 Å². The second kappa shape index (κ2) is 5.02. The molecule has 2 nitrogen and oxygen atoms in total. The van der Waals surface area contributed by atoms with Crippen LogP contribution in [0.4, 0.5) is 0 Å². The summed E-state index contributed by atoms with van der Waals surface area (Å²) in [6, 6.07) is 9.87. The molecule has 1 heterocycles. The maximum atomic E-state index is 6.02. The van der Waals surface area contributed by atoms with E-state index in [1.54, 1.807) is 0 Å². The Morgan fingerprint density at radius 2 is 2.00 bits per heavy atom. The Bertz CT molecular complexity index is 450. The van der Waals surface area contributed by atoms with Crippen molar-refractivity contribution in [3.8, 4) is 11.3 Å². The van der Waals surface area contributed by atoms with Crippen LogP contribution in [-0.4, -0.2) is 13.0 Å². The van der Waals surface area contributed by atoms with Crippen molar-refractivity contribution in [3.05, 3.63) is 36.1 Å². The molecule has 3 heteroatoms. The number of unbranched alkanes of at least 4 members (excludes halogenated alkanes) is 1. The van der Waals surface area contributed by atoms with Crippen molar-refractivity contribution in [1.82, 2.24) is 5.16 Å². The molecule has 0 saturated heterocycles. The summed E-state index contributed by atoms with van der Waals surface area (Å²) in [7, 11) is 6.02. The quantitative estimate of drug-likeness (QED) is 0.726. The van der Waals surface area contributed by atoms with Crippen LogP contribution in [0.1, 0.15) is 25.5 Å². The smallest absolute Gasteiger partial charge is 0.130 e. The monoisotopic (exact) mass is 211 g/mol. The van der Waals surface area contributed by atoms with E-state index in [0.29, 0.717) is 5.46 Å². The molecule has 0 fully saturated rings. The Morgan fingerprint density at radius 1 is 1.25 bits per heavy atom. The van der Waals surface area contributed by atoms with Crippen molar-refractivity contribution in [1.29, 1.82) is 0 Å². The molecular weight excluding hydrogens is 197 g/mol. The van der Waals surface area contributed by atoms with Gasteiger partial charge in [-0.25, -0.2) is 0 Å². The molecule has 2 radical (unpaired) electrons. The standard InChI is InChI=1S/C13H14BNO/c1-2-3-9-11-12(14)13(15-16-11)10-7-5-4-6-8-10/h4-8H,2-3,9H2,1H3. The minimum Gasteiger partial charge on any atom is -0.361 e. The van der Waals surface area contributed by atoms with Gasteiger partial charge in [0.15, 0.2) is 0 Å². The molecule has 0 spiro atoms. The molecule has 0 atom stereocenters. The summed E-state index contributed by atoms with van der Waals surface area (Å²) in [6.07, 6.45) is 3.07. The second-order valence-electron chi connectivity index (χ2n) is 3.84. The van der Waals surface area contributed by atoms with E-state index in [-0.39, 0.29) is 0 Å². The molecule has 80 valence electrons. The molecule has 0 amide bonds. The zero-order valence-corrected chi connectivity index (χ0v) is 9.44. The topological polar surface area (TPSA) is 26.0 Å². The molecule has 0 aliphatic carbocycles. The third kappa shape index (κ3) is 2.18. The highest BCUT2D eigenvalue weighted by Gasteiger charge is 2.11. The molecule has 0 aliphatic rings. The van der Waals surface area contributed by atoms with Crippen LogP contribution < -0.4 is 5.46 Å². The predicted octanol–water partition coefficient (Wildman–Crippen LogP) is 2.48. The lowest BCUT2D eigenvalue weighted by Gasteiger charge is -1.98. The summed E-state index contributed by atoms with van der Waals surface area (Å²) in [5.41, 5.74) is 2.44. The Morgan fingerprint density at radius 3 is 2.69 bits per heavy atom. The minimum absolute atomic E-state index is 0.680. The summed E-state index contributed by atoms with van der Waals surface area (Å²) in [4.78, 5) is 0. The van der Waals surface area contributed by atoms with Gasteiger partial charge in [0.1, 0.15) is 19.3 Å². The largest absolute Gasteiger partial charge is 0.361 e. The second-order valence-corrected chi connectivity index (χ2v) is 3.84. The fraction of sp³-hybridized carbons (Fsp3) is 0.308. The van der Waals surface area contributed by atoms with Gasteiger partial charge in [-0.1, -0.05) is 48.8 Å². The number of hydrogen-bond donors (Lipinski definition) is 0. The van der Waals surface area contributed by atoms with Crippen LogP contribution >= 0.6 is 0 Å². The van der Waals surface area contributed by atoms with Crippen LogP contribution in [0.2, 0.25) is 0 Å². The van der Waals surface area contributed by atoms with Crippen LogP contribution in [0.3, 0.4) is 0 Å². The molecule has 0 bridgehead atoms. The van der Waals surface area contributed by atoms with E-state index in [2.05, 4.69) is 12.1 Å². The van der Waals surface area contributed by atoms with Crippen molar-refractivity contribution in [2.24, 2.45) is 0 Å². The maximum absolute atomic E-state index is 6.02. The minimum atomic E-state index is 0.680. The molecule has 0 saturated carbocycles. The number of aryl methyl sites for hydroxylation is 1. The van der Waals surface area contributed by atoms with E-state index in [9.17, 15) is 0 Å². The van der Waals surface area contributed by atoms with Crippen LogP contribution in [0.15, 0.2) is 34.9 Å². The molecule has 0 N–H and O–H groups in total. The first-order valence-corrected chi connectivity index (χ1v) is 5.62. The van der Waals surface area contributed by atoms with Gasteiger partial charge >= 0.3 is 0 Å². The maximum Gasteiger partial charge on any atom is 0.130 e. The summed E-state index contributed by atoms with van der Waals surface area (Å²) in [6.45, 7) is 2.14. The van der Waals surface area contributed by atoms with Crippen LogP contribution in [0.25, 0.3) is 11.3 Å². The summed E-state index contributed by atoms with van der Waals surface area (Å²) < 4.78 is 5.28. The van der Waals surface area contributed by atoms with Crippen LogP contribution in [-0.2, 0) is 6.42 Å². The summed E-state index contributed by atoms with van der Waals surface area (Å²) in [5, 5.41) is 4.04. The lowest BCUT2D eigenvalue weighted by Crippen LogP contribution is -2.09. The molecule has 2 aromatic rings. The van der Waals surface area contributed by atoms with Crippen LogP contribution in [0.5, 0.6) is 0 Å². The zero-order valence-electron chi connectivity index (χ0n) is 9.44. The average molecular weight is 211 g/mol. The highest BCUT2D eigenvalue weighted by molar-refractivity contribution is 6.36. The molecule has 0 aliphatic heterocycles. The van der Waals surface area contributed by atoms with Gasteiger partial charge in [0.05, 0.1) is 0 Å². The average Bonchev–Trinajstić information content (AvgIpc) is 2.69. The fourth-order valence-corrected chi connectivity index (χ4v) is 1.65. The molecule has 0 unspecified atom stereocenters. The number of aromatic nitrogens is 1. The van der Waals surface area contributed by atoms with E-state index < -0.39 is 0 Å². The van der Waals surface area contributed by atoms with Crippen molar-refractivity contribution < 1.29 is 4.52 Å². The predicted molar refractivity (Wildman–Crippen MR) is 65.9 cm³/mol. The van der Waals surface area contributed by atoms with Gasteiger partial charge in [0, 0.05) is 12.0 Å². The van der Waals surface area contributed by atoms with Crippen LogP contribution in [0, 0.1) is 0 Å². The molecule has 1 aromatic heterocycles. The van der Waals surface area contributed by atoms with E-state index in [4.69, 9.17) is 12.4 Å². The van der Waals surface area contributed by atoms with Gasteiger partial charge in [-0.3, -0.25) is 0 Å². The molecule has 16 heavy (non-hydrogen) atoms. The van der Waals surface area contributed by atoms with E-state index in [1.165, 1.54) is 0 Å². The first-order valence-electron chi connectivity index (χ1n) is 5.62. The molecule has 1 aromatic carbocycles. The van der Waals surface area contributed by atoms with Crippen molar-refractivity contribution >= 4 is 13.3 Å². The van der Waals surface area contributed by atoms with Gasteiger partial charge in [0.25, 0.3) is 0 Å². The Kier molecular flexibility index (Phi) is 3.45. The van der Waals surface area contributed by atoms with Gasteiger partial charge in [-0.2, -0.15) is 0 Å². The first kappa shape index (κ1) is 11.0. The highest BCUT2D eigenvalue weighted by Crippen LogP contribution is 2.16. The highest BCUT2D eigenvalue weighted by atomic mass is 16.5. The van der Waals surface area contributed by atoms with Crippen molar-refractivity contribution in [2.75, 3.05) is 0 Å². The Hall–Kier alpha value is -1.51. The number of benzene rings is 1. The molecule has 2 rings (SSSR count). The number of hydrogen-bond acceptors (Lipinski definition) is 2. The van der Waals surface area contributed by atoms with E-state index in [1.807, 2.05) is 30.3 Å². The summed E-state index contributed by atoms with van der Waals surface area (Å²) >= 11 is 0. The third-order valence-electron chi connectivity index (χ3n) is 2.61. The van der Waals surface area contributed by atoms with Gasteiger partial charge < -0.3 is 4.52 Å². The lowest BCUT2D eigenvalue weighted by atomic mass is 9.89. The fourth-order valence-electron chi connectivity index (χ4n) is 1.65. The van der Waals surface area contributed by atoms with Gasteiger partial charge in [-0.05, 0) is 11.9 Å². The Balaban J connectivity index is 2.27. The first-order chi connectivity index (χ1) is 7.83. The normalized spacial score (nSPS) is 10.6. The van der Waals surface area contributed by atoms with Gasteiger partial charge in [-0.15, -0.1) is 0 Å². The summed E-state index contributed by atoms with van der Waals surface area (Å²) in [5.74, 6) is 0.806. The zero-order chi connectivity index (χ0) is 11.4. The van der Waals surface area contributed by atoms with E-state index in [0.717, 1.165) is 36.3 Å². The number of rotatable bonds is 4. The SMILES string of the molecule is [B]c1c(-c2ccccc2)noc1CCCC. The van der Waals surface area contributed by atoms with Crippen molar-refractivity contribution in [3.63, 3.8) is 0 Å². The third-order valence-corrected chi connectivity index (χ3v) is 2.61. The number of nitrogens with zero attached hydrogens (tertiary/aromatic N) is 1. The molecular formula is C13H14BNO.